The van der Waals surface area contributed by atoms with Crippen molar-refractivity contribution >= 4 is 41.4 Å². The summed E-state index contributed by atoms with van der Waals surface area (Å²) in [6, 6.07) is 22.3. The number of fused-ring (bicyclic) bond motifs is 1. The number of piperidine rings is 2. The predicted molar refractivity (Wildman–Crippen MR) is 232 cm³/mol. The van der Waals surface area contributed by atoms with Crippen LogP contribution in [0.4, 0.5) is 11.5 Å². The highest BCUT2D eigenvalue weighted by Gasteiger charge is 2.35. The summed E-state index contributed by atoms with van der Waals surface area (Å²) in [5.41, 5.74) is 3.98. The topological polar surface area (TPSA) is 167 Å². The molecule has 3 aromatic carbocycles. The molecule has 61 heavy (non-hydrogen) atoms. The van der Waals surface area contributed by atoms with Gasteiger partial charge in [0.1, 0.15) is 23.4 Å². The highest BCUT2D eigenvalue weighted by Crippen LogP contribution is 2.40. The van der Waals surface area contributed by atoms with E-state index in [1.165, 1.54) is 11.9 Å². The number of hydrogen-bond donors (Lipinski definition) is 3. The van der Waals surface area contributed by atoms with Gasteiger partial charge in [-0.1, -0.05) is 30.3 Å². The minimum absolute atomic E-state index is 0.135. The number of carbonyl (C=O) groups is 5. The number of nitrogens with one attached hydrogen (secondary N) is 3. The first-order valence-electron chi connectivity index (χ1n) is 21.2. The monoisotopic (exact) mass is 832 g/mol. The number of carbonyl (C=O) groups excluding carboxylic acids is 5. The summed E-state index contributed by atoms with van der Waals surface area (Å²) in [6.45, 7) is 6.96. The SMILES string of the molecule is Cc1c(-c2ccc(Oc3ccccc3)cc2)nn2c1NCCC2C1CCN(C(=O)CCN(C)CCOCCNc2cccc(C=O)c2C(=O)N(C)C2CCC(=O)NC2=O)CC1. The maximum Gasteiger partial charge on any atom is 0.257 e. The molecule has 4 amide bonds. The summed E-state index contributed by atoms with van der Waals surface area (Å²) in [7, 11) is 3.47. The van der Waals surface area contributed by atoms with Crippen molar-refractivity contribution in [1.82, 2.24) is 29.8 Å². The Kier molecular flexibility index (Phi) is 14.1. The van der Waals surface area contributed by atoms with Crippen molar-refractivity contribution in [2.24, 2.45) is 5.92 Å². The van der Waals surface area contributed by atoms with Gasteiger partial charge in [-0.05, 0) is 88.0 Å². The van der Waals surface area contributed by atoms with Gasteiger partial charge in [-0.25, -0.2) is 4.68 Å². The van der Waals surface area contributed by atoms with Crippen LogP contribution in [-0.2, 0) is 19.1 Å². The number of ether oxygens (including phenoxy) is 2. The summed E-state index contributed by atoms with van der Waals surface area (Å²) in [5.74, 6) is 1.88. The molecule has 0 spiro atoms. The van der Waals surface area contributed by atoms with Crippen LogP contribution in [0.25, 0.3) is 11.3 Å². The molecule has 2 fully saturated rings. The molecule has 7 rings (SSSR count). The van der Waals surface area contributed by atoms with Crippen molar-refractivity contribution in [1.29, 1.82) is 0 Å². The van der Waals surface area contributed by atoms with Gasteiger partial charge in [-0.2, -0.15) is 5.10 Å². The number of amides is 4. The van der Waals surface area contributed by atoms with Crippen LogP contribution >= 0.6 is 0 Å². The summed E-state index contributed by atoms with van der Waals surface area (Å²) in [6.07, 6.45) is 4.29. The normalized spacial score (nSPS) is 17.9. The van der Waals surface area contributed by atoms with E-state index in [0.29, 0.717) is 57.2 Å². The van der Waals surface area contributed by atoms with Gasteiger partial charge in [-0.3, -0.25) is 29.3 Å². The van der Waals surface area contributed by atoms with E-state index < -0.39 is 17.9 Å². The molecule has 0 saturated carbocycles. The Bertz CT molecular complexity index is 2190. The number of aldehydes is 1. The minimum Gasteiger partial charge on any atom is -0.457 e. The van der Waals surface area contributed by atoms with Gasteiger partial charge in [0.2, 0.25) is 17.7 Å². The van der Waals surface area contributed by atoms with Crippen molar-refractivity contribution < 1.29 is 33.4 Å². The van der Waals surface area contributed by atoms with Gasteiger partial charge in [0.25, 0.3) is 5.91 Å². The van der Waals surface area contributed by atoms with Crippen molar-refractivity contribution in [2.45, 2.75) is 57.5 Å². The fourth-order valence-electron chi connectivity index (χ4n) is 8.54. The van der Waals surface area contributed by atoms with Crippen LogP contribution in [0.5, 0.6) is 11.5 Å². The molecule has 0 radical (unpaired) electrons. The lowest BCUT2D eigenvalue weighted by molar-refractivity contribution is -0.136. The van der Waals surface area contributed by atoms with Gasteiger partial charge in [-0.15, -0.1) is 0 Å². The van der Waals surface area contributed by atoms with E-state index in [2.05, 4.69) is 44.6 Å². The molecule has 2 atom stereocenters. The third-order valence-corrected chi connectivity index (χ3v) is 12.1. The maximum absolute atomic E-state index is 13.5. The summed E-state index contributed by atoms with van der Waals surface area (Å²) >= 11 is 0. The predicted octanol–water partition coefficient (Wildman–Crippen LogP) is 5.39. The Balaban J connectivity index is 0.820. The Hall–Kier alpha value is -6.06. The number of aromatic nitrogens is 2. The molecule has 4 heterocycles. The average Bonchev–Trinajstić information content (AvgIpc) is 3.62. The molecule has 3 N–H and O–H groups in total. The number of hydrogen-bond acceptors (Lipinski definition) is 11. The zero-order chi connectivity index (χ0) is 42.9. The van der Waals surface area contributed by atoms with E-state index in [1.807, 2.05) is 54.4 Å². The second-order valence-electron chi connectivity index (χ2n) is 16.1. The number of imide groups is 1. The lowest BCUT2D eigenvalue weighted by atomic mass is 9.86. The van der Waals surface area contributed by atoms with Gasteiger partial charge in [0, 0.05) is 81.5 Å². The lowest BCUT2D eigenvalue weighted by Gasteiger charge is -2.38. The van der Waals surface area contributed by atoms with Crippen LogP contribution in [0.2, 0.25) is 0 Å². The average molecular weight is 833 g/mol. The Morgan fingerprint density at radius 2 is 1.67 bits per heavy atom. The largest absolute Gasteiger partial charge is 0.457 e. The van der Waals surface area contributed by atoms with Crippen LogP contribution in [0.1, 0.15) is 70.8 Å². The Morgan fingerprint density at radius 3 is 2.41 bits per heavy atom. The van der Waals surface area contributed by atoms with E-state index in [0.717, 1.165) is 73.0 Å². The first kappa shape index (κ1) is 43.0. The van der Waals surface area contributed by atoms with E-state index >= 15 is 0 Å². The van der Waals surface area contributed by atoms with Crippen LogP contribution in [0, 0.1) is 12.8 Å². The van der Waals surface area contributed by atoms with Crippen molar-refractivity contribution in [3.8, 4) is 22.8 Å². The number of rotatable bonds is 17. The van der Waals surface area contributed by atoms with Crippen LogP contribution in [0.3, 0.4) is 0 Å². The van der Waals surface area contributed by atoms with Crippen molar-refractivity contribution in [3.05, 3.63) is 89.5 Å². The molecule has 0 aliphatic carbocycles. The van der Waals surface area contributed by atoms with E-state index in [1.54, 1.807) is 18.2 Å². The Morgan fingerprint density at radius 1 is 0.918 bits per heavy atom. The molecule has 2 unspecified atom stereocenters. The molecule has 4 aromatic rings. The quantitative estimate of drug-likeness (QED) is 0.0710. The Labute approximate surface area is 356 Å². The van der Waals surface area contributed by atoms with Crippen LogP contribution in [0.15, 0.2) is 72.8 Å². The number of likely N-dealkylation sites (N-methyl/N-ethyl adjacent to an activating group) is 2. The third kappa shape index (κ3) is 10.3. The smallest absolute Gasteiger partial charge is 0.257 e. The molecule has 1 aromatic heterocycles. The zero-order valence-electron chi connectivity index (χ0n) is 35.2. The number of anilines is 2. The molecule has 15 heteroatoms. The summed E-state index contributed by atoms with van der Waals surface area (Å²) in [5, 5.41) is 14.2. The first-order chi connectivity index (χ1) is 29.6. The molecule has 3 aliphatic heterocycles. The molecule has 3 aliphatic rings. The highest BCUT2D eigenvalue weighted by molar-refractivity contribution is 6.09. The molecular weight excluding hydrogens is 777 g/mol. The molecule has 2 saturated heterocycles. The third-order valence-electron chi connectivity index (χ3n) is 12.1. The molecule has 15 nitrogen and oxygen atoms in total. The van der Waals surface area contributed by atoms with Crippen molar-refractivity contribution in [2.75, 3.05) is 77.2 Å². The summed E-state index contributed by atoms with van der Waals surface area (Å²) in [4.78, 5) is 68.0. The van der Waals surface area contributed by atoms with E-state index in [9.17, 15) is 24.0 Å². The lowest BCUT2D eigenvalue weighted by Crippen LogP contribution is -2.53. The second-order valence-corrected chi connectivity index (χ2v) is 16.1. The number of nitrogens with zero attached hydrogens (tertiary/aromatic N) is 5. The number of benzene rings is 3. The summed E-state index contributed by atoms with van der Waals surface area (Å²) < 4.78 is 14.1. The number of para-hydroxylation sites is 1. The van der Waals surface area contributed by atoms with Gasteiger partial charge in [0.15, 0.2) is 6.29 Å². The molecular formula is C46H56N8O7. The van der Waals surface area contributed by atoms with Crippen LogP contribution < -0.4 is 20.7 Å². The molecule has 0 bridgehead atoms. The van der Waals surface area contributed by atoms with E-state index in [4.69, 9.17) is 14.6 Å². The van der Waals surface area contributed by atoms with Crippen molar-refractivity contribution in [3.63, 3.8) is 0 Å². The fourth-order valence-corrected chi connectivity index (χ4v) is 8.54. The highest BCUT2D eigenvalue weighted by atomic mass is 16.5. The molecule has 322 valence electrons. The van der Waals surface area contributed by atoms with E-state index in [-0.39, 0.29) is 41.8 Å². The van der Waals surface area contributed by atoms with Gasteiger partial charge in [0.05, 0.1) is 30.5 Å². The van der Waals surface area contributed by atoms with Gasteiger partial charge >= 0.3 is 0 Å². The minimum atomic E-state index is -0.811. The zero-order valence-corrected chi connectivity index (χ0v) is 35.2. The fraction of sp³-hybridized carbons (Fsp3) is 0.435. The first-order valence-corrected chi connectivity index (χ1v) is 21.2. The second kappa shape index (κ2) is 20.0. The van der Waals surface area contributed by atoms with Gasteiger partial charge < -0.3 is 34.8 Å². The standard InChI is InChI=1S/C46H56N8O7/c1-31-43(33-12-14-36(15-13-33)61-35-9-5-4-6-10-35)50-54-38(18-22-48-44(31)54)32-19-25-53(26-20-32)41(57)21-24-51(2)27-29-60-28-23-47-37-11-7-8-34(30-55)42(37)46(59)52(3)39-16-17-40(56)49-45(39)58/h4-15,30,32,38-39,47-48H,16-29H2,1-3H3,(H,49,56,58). The number of likely N-dealkylation sites (tertiary alicyclic amines) is 1. The maximum atomic E-state index is 13.5. The van der Waals surface area contributed by atoms with Crippen LogP contribution in [-0.4, -0.2) is 127 Å².